The Kier molecular flexibility index (Phi) is 6.97. The molecule has 2 unspecified atom stereocenters. The van der Waals surface area contributed by atoms with Crippen LogP contribution in [0, 0.1) is 0 Å². The summed E-state index contributed by atoms with van der Waals surface area (Å²) in [5.41, 5.74) is 0. The van der Waals surface area contributed by atoms with Gasteiger partial charge in [0, 0.05) is 24.4 Å². The fourth-order valence-electron chi connectivity index (χ4n) is 2.13. The summed E-state index contributed by atoms with van der Waals surface area (Å²) in [6, 6.07) is 0.530. The number of nitrogens with zero attached hydrogens (tertiary/aromatic N) is 1. The molecule has 1 heterocycles. The molecule has 0 radical (unpaired) electrons. The molecule has 0 aromatic carbocycles. The first-order chi connectivity index (χ1) is 8.13. The quantitative estimate of drug-likeness (QED) is 0.792. The van der Waals surface area contributed by atoms with E-state index in [4.69, 9.17) is 0 Å². The summed E-state index contributed by atoms with van der Waals surface area (Å²) in [6.07, 6.45) is 4.77. The van der Waals surface area contributed by atoms with Crippen molar-refractivity contribution in [1.29, 1.82) is 0 Å². The Labute approximate surface area is 110 Å². The van der Waals surface area contributed by atoms with E-state index in [1.54, 1.807) is 11.8 Å². The van der Waals surface area contributed by atoms with Crippen LogP contribution >= 0.6 is 11.8 Å². The van der Waals surface area contributed by atoms with Gasteiger partial charge in [-0.1, -0.05) is 6.92 Å². The molecule has 0 bridgehead atoms. The first-order valence-electron chi connectivity index (χ1n) is 6.70. The highest BCUT2D eigenvalue weighted by Crippen LogP contribution is 2.17. The molecule has 100 valence electrons. The molecule has 3 nitrogen and oxygen atoms in total. The molecule has 1 saturated heterocycles. The predicted octanol–water partition coefficient (Wildman–Crippen LogP) is 2.12. The van der Waals surface area contributed by atoms with E-state index in [0.29, 0.717) is 23.0 Å². The SMILES string of the molecule is CNC(C)CC(C)SCC(=O)N1CCCCC1. The monoisotopic (exact) mass is 258 g/mol. The summed E-state index contributed by atoms with van der Waals surface area (Å²) < 4.78 is 0. The molecule has 1 fully saturated rings. The van der Waals surface area contributed by atoms with Crippen LogP contribution in [0.15, 0.2) is 0 Å². The first kappa shape index (κ1) is 14.8. The zero-order chi connectivity index (χ0) is 12.7. The van der Waals surface area contributed by atoms with Crippen LogP contribution < -0.4 is 5.32 Å². The number of nitrogens with one attached hydrogen (secondary N) is 1. The van der Waals surface area contributed by atoms with Crippen LogP contribution in [0.3, 0.4) is 0 Å². The lowest BCUT2D eigenvalue weighted by Crippen LogP contribution is -2.37. The molecule has 1 N–H and O–H groups in total. The van der Waals surface area contributed by atoms with Crippen molar-refractivity contribution in [3.8, 4) is 0 Å². The second-order valence-corrected chi connectivity index (χ2v) is 6.42. The van der Waals surface area contributed by atoms with Gasteiger partial charge in [-0.15, -0.1) is 11.8 Å². The summed E-state index contributed by atoms with van der Waals surface area (Å²) in [4.78, 5) is 14.0. The lowest BCUT2D eigenvalue weighted by atomic mass is 10.1. The third-order valence-corrected chi connectivity index (χ3v) is 4.55. The number of carbonyl (C=O) groups excluding carboxylic acids is 1. The van der Waals surface area contributed by atoms with Crippen molar-refractivity contribution >= 4 is 17.7 Å². The summed E-state index contributed by atoms with van der Waals surface area (Å²) in [6.45, 7) is 6.34. The molecule has 0 aliphatic carbocycles. The maximum Gasteiger partial charge on any atom is 0.232 e. The molecule has 1 aliphatic heterocycles. The Balaban J connectivity index is 2.18. The summed E-state index contributed by atoms with van der Waals surface area (Å²) in [7, 11) is 1.99. The van der Waals surface area contributed by atoms with E-state index >= 15 is 0 Å². The van der Waals surface area contributed by atoms with Crippen molar-refractivity contribution in [2.45, 2.75) is 50.8 Å². The fourth-order valence-corrected chi connectivity index (χ4v) is 3.17. The van der Waals surface area contributed by atoms with Crippen molar-refractivity contribution in [1.82, 2.24) is 10.2 Å². The number of hydrogen-bond acceptors (Lipinski definition) is 3. The minimum absolute atomic E-state index is 0.332. The normalized spacial score (nSPS) is 20.1. The Bertz CT molecular complexity index is 229. The van der Waals surface area contributed by atoms with Gasteiger partial charge in [0.05, 0.1) is 5.75 Å². The molecule has 4 heteroatoms. The van der Waals surface area contributed by atoms with Gasteiger partial charge in [0.1, 0.15) is 0 Å². The zero-order valence-electron chi connectivity index (χ0n) is 11.4. The van der Waals surface area contributed by atoms with Gasteiger partial charge in [0.15, 0.2) is 0 Å². The molecule has 1 aliphatic rings. The van der Waals surface area contributed by atoms with Crippen LogP contribution in [0.2, 0.25) is 0 Å². The molecule has 0 aromatic heterocycles. The van der Waals surface area contributed by atoms with E-state index in [9.17, 15) is 4.79 Å². The second-order valence-electron chi connectivity index (χ2n) is 4.99. The van der Waals surface area contributed by atoms with Crippen LogP contribution in [-0.4, -0.2) is 48.0 Å². The Morgan fingerprint density at radius 2 is 1.94 bits per heavy atom. The summed E-state index contributed by atoms with van der Waals surface area (Å²) in [5, 5.41) is 3.79. The summed E-state index contributed by atoms with van der Waals surface area (Å²) >= 11 is 1.79. The number of thioether (sulfide) groups is 1. The molecule has 1 rings (SSSR count). The number of amides is 1. The van der Waals surface area contributed by atoms with E-state index < -0.39 is 0 Å². The molecule has 1 amide bonds. The van der Waals surface area contributed by atoms with Crippen molar-refractivity contribution < 1.29 is 4.79 Å². The number of hydrogen-bond donors (Lipinski definition) is 1. The van der Waals surface area contributed by atoms with Crippen LogP contribution in [0.5, 0.6) is 0 Å². The maximum atomic E-state index is 11.9. The summed E-state index contributed by atoms with van der Waals surface area (Å²) in [5.74, 6) is 0.982. The highest BCUT2D eigenvalue weighted by Gasteiger charge is 2.17. The van der Waals surface area contributed by atoms with Crippen LogP contribution in [-0.2, 0) is 4.79 Å². The van der Waals surface area contributed by atoms with Gasteiger partial charge in [-0.2, -0.15) is 0 Å². The molecule has 17 heavy (non-hydrogen) atoms. The highest BCUT2D eigenvalue weighted by atomic mass is 32.2. The van der Waals surface area contributed by atoms with Gasteiger partial charge >= 0.3 is 0 Å². The van der Waals surface area contributed by atoms with Gasteiger partial charge in [-0.05, 0) is 39.7 Å². The number of piperidine rings is 1. The number of likely N-dealkylation sites (tertiary alicyclic amines) is 1. The average molecular weight is 258 g/mol. The molecule has 0 spiro atoms. The highest BCUT2D eigenvalue weighted by molar-refractivity contribution is 8.00. The topological polar surface area (TPSA) is 32.3 Å². The number of rotatable bonds is 6. The molecular formula is C13H26N2OS. The smallest absolute Gasteiger partial charge is 0.232 e. The molecular weight excluding hydrogens is 232 g/mol. The van der Waals surface area contributed by atoms with E-state index in [0.717, 1.165) is 19.5 Å². The standard InChI is InChI=1S/C13H26N2OS/c1-11(14-3)9-12(2)17-10-13(16)15-7-5-4-6-8-15/h11-12,14H,4-10H2,1-3H3. The van der Waals surface area contributed by atoms with Gasteiger partial charge in [0.2, 0.25) is 5.91 Å². The van der Waals surface area contributed by atoms with E-state index in [-0.39, 0.29) is 0 Å². The largest absolute Gasteiger partial charge is 0.342 e. The second kappa shape index (κ2) is 7.98. The third-order valence-electron chi connectivity index (χ3n) is 3.38. The van der Waals surface area contributed by atoms with Gasteiger partial charge < -0.3 is 10.2 Å². The molecule has 2 atom stereocenters. The molecule has 0 saturated carbocycles. The number of carbonyl (C=O) groups is 1. The van der Waals surface area contributed by atoms with Crippen LogP contribution in [0.4, 0.5) is 0 Å². The molecule has 0 aromatic rings. The van der Waals surface area contributed by atoms with Gasteiger partial charge in [0.25, 0.3) is 0 Å². The van der Waals surface area contributed by atoms with Crippen molar-refractivity contribution in [3.05, 3.63) is 0 Å². The third kappa shape index (κ3) is 5.77. The van der Waals surface area contributed by atoms with Gasteiger partial charge in [-0.3, -0.25) is 4.79 Å². The Morgan fingerprint density at radius 3 is 2.53 bits per heavy atom. The van der Waals surface area contributed by atoms with E-state index in [1.807, 2.05) is 11.9 Å². The van der Waals surface area contributed by atoms with Gasteiger partial charge in [-0.25, -0.2) is 0 Å². The minimum Gasteiger partial charge on any atom is -0.342 e. The van der Waals surface area contributed by atoms with Crippen LogP contribution in [0.1, 0.15) is 39.5 Å². The Hall–Kier alpha value is -0.220. The predicted molar refractivity (Wildman–Crippen MR) is 75.5 cm³/mol. The van der Waals surface area contributed by atoms with Crippen molar-refractivity contribution in [3.63, 3.8) is 0 Å². The minimum atomic E-state index is 0.332. The fraction of sp³-hybridized carbons (Fsp3) is 0.923. The van der Waals surface area contributed by atoms with E-state index in [1.165, 1.54) is 19.3 Å². The maximum absolute atomic E-state index is 11.9. The van der Waals surface area contributed by atoms with E-state index in [2.05, 4.69) is 19.2 Å². The lowest BCUT2D eigenvalue weighted by Gasteiger charge is -2.27. The van der Waals surface area contributed by atoms with Crippen molar-refractivity contribution in [2.75, 3.05) is 25.9 Å². The first-order valence-corrected chi connectivity index (χ1v) is 7.75. The lowest BCUT2D eigenvalue weighted by molar-refractivity contribution is -0.129. The average Bonchev–Trinajstić information content (AvgIpc) is 2.36. The zero-order valence-corrected chi connectivity index (χ0v) is 12.2. The Morgan fingerprint density at radius 1 is 1.29 bits per heavy atom. The van der Waals surface area contributed by atoms with Crippen LogP contribution in [0.25, 0.3) is 0 Å². The van der Waals surface area contributed by atoms with Crippen molar-refractivity contribution in [2.24, 2.45) is 0 Å².